The van der Waals surface area contributed by atoms with Crippen LogP contribution in [0.2, 0.25) is 0 Å². The molecule has 5 nitrogen and oxygen atoms in total. The van der Waals surface area contributed by atoms with E-state index in [2.05, 4.69) is 53.8 Å². The summed E-state index contributed by atoms with van der Waals surface area (Å²) in [5, 5.41) is 6.45. The third-order valence-electron chi connectivity index (χ3n) is 4.85. The number of rotatable bonds is 7. The first kappa shape index (κ1) is 17.4. The Balaban J connectivity index is 1.45. The fraction of sp³-hybridized carbons (Fsp3) is 0.632. The van der Waals surface area contributed by atoms with E-state index in [0.29, 0.717) is 12.5 Å². The Morgan fingerprint density at radius 1 is 1.33 bits per heavy atom. The number of morpholine rings is 1. The minimum atomic E-state index is 0.0663. The molecular weight excluding hydrogens is 302 g/mol. The molecule has 1 heterocycles. The summed E-state index contributed by atoms with van der Waals surface area (Å²) in [5.74, 6) is 0.656. The topological polar surface area (TPSA) is 53.6 Å². The van der Waals surface area contributed by atoms with Crippen molar-refractivity contribution in [2.75, 3.05) is 39.8 Å². The number of hydrogen-bond donors (Lipinski definition) is 2. The summed E-state index contributed by atoms with van der Waals surface area (Å²) in [6.45, 7) is 5.82. The molecule has 2 fully saturated rings. The van der Waals surface area contributed by atoms with E-state index in [9.17, 15) is 4.79 Å². The number of likely N-dealkylation sites (N-methyl/N-ethyl adjacent to an activating group) is 1. The summed E-state index contributed by atoms with van der Waals surface area (Å²) >= 11 is 0. The smallest absolute Gasteiger partial charge is 0.234 e. The van der Waals surface area contributed by atoms with E-state index in [4.69, 9.17) is 4.74 Å². The minimum absolute atomic E-state index is 0.0663. The molecule has 1 aromatic rings. The summed E-state index contributed by atoms with van der Waals surface area (Å²) in [5.41, 5.74) is 2.47. The first-order valence-corrected chi connectivity index (χ1v) is 8.98. The van der Waals surface area contributed by atoms with Crippen molar-refractivity contribution in [1.29, 1.82) is 0 Å². The van der Waals surface area contributed by atoms with Crippen molar-refractivity contribution in [3.8, 4) is 0 Å². The largest absolute Gasteiger partial charge is 0.374 e. The van der Waals surface area contributed by atoms with Crippen LogP contribution in [0.4, 0.5) is 0 Å². The van der Waals surface area contributed by atoms with E-state index < -0.39 is 0 Å². The van der Waals surface area contributed by atoms with Gasteiger partial charge < -0.3 is 20.3 Å². The number of amides is 1. The molecule has 132 valence electrons. The summed E-state index contributed by atoms with van der Waals surface area (Å²) in [7, 11) is 2.10. The first-order chi connectivity index (χ1) is 11.6. The van der Waals surface area contributed by atoms with Gasteiger partial charge in [-0.25, -0.2) is 0 Å². The molecule has 1 aliphatic heterocycles. The molecule has 1 aliphatic carbocycles. The van der Waals surface area contributed by atoms with Gasteiger partial charge >= 0.3 is 0 Å². The Labute approximate surface area is 144 Å². The maximum atomic E-state index is 12.3. The van der Waals surface area contributed by atoms with E-state index in [1.54, 1.807) is 0 Å². The predicted octanol–water partition coefficient (Wildman–Crippen LogP) is 1.48. The van der Waals surface area contributed by atoms with Crippen LogP contribution in [0.15, 0.2) is 24.3 Å². The average molecular weight is 331 g/mol. The molecule has 0 spiro atoms. The van der Waals surface area contributed by atoms with Gasteiger partial charge in [0.25, 0.3) is 0 Å². The quantitative estimate of drug-likeness (QED) is 0.795. The molecule has 0 radical (unpaired) electrons. The number of nitrogens with one attached hydrogen (secondary N) is 2. The monoisotopic (exact) mass is 331 g/mol. The Hall–Kier alpha value is -1.43. The number of hydrogen-bond acceptors (Lipinski definition) is 4. The molecule has 5 heteroatoms. The maximum Gasteiger partial charge on any atom is 0.234 e. The number of carbonyl (C=O) groups excluding carboxylic acids is 1. The summed E-state index contributed by atoms with van der Waals surface area (Å²) in [6, 6.07) is 8.66. The van der Waals surface area contributed by atoms with Gasteiger partial charge in [0.05, 0.1) is 25.3 Å². The van der Waals surface area contributed by atoms with Crippen molar-refractivity contribution in [2.24, 2.45) is 5.92 Å². The fourth-order valence-electron chi connectivity index (χ4n) is 3.24. The fourth-order valence-corrected chi connectivity index (χ4v) is 3.24. The molecular formula is C19H29N3O2. The lowest BCUT2D eigenvalue weighted by Gasteiger charge is -2.30. The number of carbonyl (C=O) groups is 1. The van der Waals surface area contributed by atoms with E-state index in [1.165, 1.54) is 24.0 Å². The Morgan fingerprint density at radius 3 is 2.75 bits per heavy atom. The zero-order valence-electron chi connectivity index (χ0n) is 14.8. The lowest BCUT2D eigenvalue weighted by molar-refractivity contribution is -0.121. The summed E-state index contributed by atoms with van der Waals surface area (Å²) < 4.78 is 5.70. The Morgan fingerprint density at radius 2 is 2.08 bits per heavy atom. The van der Waals surface area contributed by atoms with Gasteiger partial charge in [0.1, 0.15) is 0 Å². The van der Waals surface area contributed by atoms with Crippen LogP contribution < -0.4 is 10.6 Å². The highest BCUT2D eigenvalue weighted by Crippen LogP contribution is 2.40. The van der Waals surface area contributed by atoms with Gasteiger partial charge in [-0.05, 0) is 38.3 Å². The van der Waals surface area contributed by atoms with Crippen LogP contribution in [0.3, 0.4) is 0 Å². The van der Waals surface area contributed by atoms with E-state index >= 15 is 0 Å². The van der Waals surface area contributed by atoms with Crippen molar-refractivity contribution in [1.82, 2.24) is 15.5 Å². The predicted molar refractivity (Wildman–Crippen MR) is 94.9 cm³/mol. The molecule has 1 saturated carbocycles. The first-order valence-electron chi connectivity index (χ1n) is 8.98. The van der Waals surface area contributed by atoms with Crippen LogP contribution in [-0.2, 0) is 9.53 Å². The van der Waals surface area contributed by atoms with Gasteiger partial charge in [-0.3, -0.25) is 4.79 Å². The van der Waals surface area contributed by atoms with Gasteiger partial charge in [0.2, 0.25) is 5.91 Å². The van der Waals surface area contributed by atoms with Gasteiger partial charge in [0.15, 0.2) is 0 Å². The lowest BCUT2D eigenvalue weighted by Crippen LogP contribution is -2.46. The number of aryl methyl sites for hydroxylation is 1. The third kappa shape index (κ3) is 5.03. The van der Waals surface area contributed by atoms with Crippen molar-refractivity contribution >= 4 is 5.91 Å². The van der Waals surface area contributed by atoms with Gasteiger partial charge in [-0.2, -0.15) is 0 Å². The molecule has 0 bridgehead atoms. The molecule has 3 rings (SSSR count). The lowest BCUT2D eigenvalue weighted by atomic mass is 10.0. The molecule has 2 unspecified atom stereocenters. The standard InChI is InChI=1S/C19H29N3O2/c1-14-3-5-15(6-4-14)19(16-7-8-16)21-18(23)12-20-11-17-13-22(2)9-10-24-17/h3-6,16-17,19-20H,7-13H2,1-2H3,(H,21,23). The van der Waals surface area contributed by atoms with Crippen LogP contribution in [0.1, 0.15) is 30.0 Å². The third-order valence-corrected chi connectivity index (χ3v) is 4.85. The van der Waals surface area contributed by atoms with Gasteiger partial charge in [-0.15, -0.1) is 0 Å². The number of nitrogens with zero attached hydrogens (tertiary/aromatic N) is 1. The van der Waals surface area contributed by atoms with E-state index in [1.807, 2.05) is 0 Å². The molecule has 1 saturated heterocycles. The van der Waals surface area contributed by atoms with Crippen LogP contribution in [0.25, 0.3) is 0 Å². The maximum absolute atomic E-state index is 12.3. The highest BCUT2D eigenvalue weighted by atomic mass is 16.5. The second-order valence-corrected chi connectivity index (χ2v) is 7.18. The molecule has 1 aromatic carbocycles. The molecule has 1 amide bonds. The molecule has 2 aliphatic rings. The normalized spacial score (nSPS) is 23.0. The SMILES string of the molecule is Cc1ccc(C(NC(=O)CNCC2CN(C)CCO2)C2CC2)cc1. The summed E-state index contributed by atoms with van der Waals surface area (Å²) in [4.78, 5) is 14.6. The second-order valence-electron chi connectivity index (χ2n) is 7.18. The van der Waals surface area contributed by atoms with Crippen molar-refractivity contribution in [2.45, 2.75) is 31.9 Å². The van der Waals surface area contributed by atoms with Crippen molar-refractivity contribution < 1.29 is 9.53 Å². The minimum Gasteiger partial charge on any atom is -0.374 e. The van der Waals surface area contributed by atoms with Gasteiger partial charge in [0, 0.05) is 19.6 Å². The van der Waals surface area contributed by atoms with Gasteiger partial charge in [-0.1, -0.05) is 29.8 Å². The van der Waals surface area contributed by atoms with Crippen LogP contribution >= 0.6 is 0 Å². The van der Waals surface area contributed by atoms with Crippen molar-refractivity contribution in [3.05, 3.63) is 35.4 Å². The second kappa shape index (κ2) is 8.10. The molecule has 0 aromatic heterocycles. The Kier molecular flexibility index (Phi) is 5.87. The van der Waals surface area contributed by atoms with Crippen LogP contribution in [0.5, 0.6) is 0 Å². The molecule has 24 heavy (non-hydrogen) atoms. The average Bonchev–Trinajstić information content (AvgIpc) is 3.38. The molecule has 2 N–H and O–H groups in total. The van der Waals surface area contributed by atoms with Crippen LogP contribution in [-0.4, -0.2) is 56.7 Å². The number of benzene rings is 1. The van der Waals surface area contributed by atoms with E-state index in [-0.39, 0.29) is 18.1 Å². The van der Waals surface area contributed by atoms with E-state index in [0.717, 1.165) is 26.2 Å². The number of ether oxygens (including phenoxy) is 1. The zero-order valence-corrected chi connectivity index (χ0v) is 14.8. The Bertz CT molecular complexity index is 542. The molecule has 2 atom stereocenters. The highest BCUT2D eigenvalue weighted by Gasteiger charge is 2.33. The highest BCUT2D eigenvalue weighted by molar-refractivity contribution is 5.78. The van der Waals surface area contributed by atoms with Crippen molar-refractivity contribution in [3.63, 3.8) is 0 Å². The summed E-state index contributed by atoms with van der Waals surface area (Å²) in [6.07, 6.45) is 2.58. The van der Waals surface area contributed by atoms with Crippen LogP contribution in [0, 0.1) is 12.8 Å². The zero-order chi connectivity index (χ0) is 16.9.